The second kappa shape index (κ2) is 9.25. The summed E-state index contributed by atoms with van der Waals surface area (Å²) in [4.78, 5) is 11.7. The van der Waals surface area contributed by atoms with Gasteiger partial charge in [0.05, 0.1) is 13.5 Å². The minimum atomic E-state index is -0.312. The zero-order valence-corrected chi connectivity index (χ0v) is 17.8. The standard InChI is InChI=1S/C25H22ClNO4/c1-29-24(28)13-19-6-2-3-8-22(19)30-15-17-10-20-12-23(26)31-25(20)21(11-17)18-7-4-5-16(9-18)14-27/h2-12H,13-15,27H2,1H3. The summed E-state index contributed by atoms with van der Waals surface area (Å²) in [6.07, 6.45) is 0.153. The Morgan fingerprint density at radius 3 is 2.68 bits per heavy atom. The average molecular weight is 436 g/mol. The number of nitrogens with two attached hydrogens (primary N) is 1. The van der Waals surface area contributed by atoms with Gasteiger partial charge in [-0.1, -0.05) is 36.4 Å². The minimum absolute atomic E-state index is 0.153. The lowest BCUT2D eigenvalue weighted by Gasteiger charge is -2.12. The third-order valence-electron chi connectivity index (χ3n) is 5.05. The van der Waals surface area contributed by atoms with E-state index in [1.165, 1.54) is 7.11 Å². The van der Waals surface area contributed by atoms with Gasteiger partial charge in [0.2, 0.25) is 0 Å². The summed E-state index contributed by atoms with van der Waals surface area (Å²) in [6, 6.07) is 21.3. The number of rotatable bonds is 7. The molecule has 31 heavy (non-hydrogen) atoms. The fourth-order valence-electron chi connectivity index (χ4n) is 3.53. The topological polar surface area (TPSA) is 74.7 Å². The van der Waals surface area contributed by atoms with E-state index in [9.17, 15) is 4.79 Å². The number of para-hydroxylation sites is 1. The molecule has 0 atom stereocenters. The highest BCUT2D eigenvalue weighted by molar-refractivity contribution is 6.30. The number of carbonyl (C=O) groups is 1. The SMILES string of the molecule is COC(=O)Cc1ccccc1OCc1cc(-c2cccc(CN)c2)c2oc(Cl)cc2c1. The fraction of sp³-hybridized carbons (Fsp3) is 0.160. The first kappa shape index (κ1) is 21.0. The van der Waals surface area contributed by atoms with Gasteiger partial charge >= 0.3 is 5.97 Å². The van der Waals surface area contributed by atoms with Crippen molar-refractivity contribution < 1.29 is 18.7 Å². The predicted molar refractivity (Wildman–Crippen MR) is 121 cm³/mol. The van der Waals surface area contributed by atoms with Gasteiger partial charge in [-0.15, -0.1) is 0 Å². The monoisotopic (exact) mass is 435 g/mol. The molecule has 0 aliphatic rings. The Morgan fingerprint density at radius 1 is 1.03 bits per heavy atom. The number of halogens is 1. The molecule has 4 rings (SSSR count). The molecule has 5 nitrogen and oxygen atoms in total. The van der Waals surface area contributed by atoms with Gasteiger partial charge in [0.25, 0.3) is 0 Å². The van der Waals surface area contributed by atoms with E-state index in [4.69, 9.17) is 31.2 Å². The first-order valence-electron chi connectivity index (χ1n) is 9.86. The summed E-state index contributed by atoms with van der Waals surface area (Å²) < 4.78 is 16.6. The first-order valence-corrected chi connectivity index (χ1v) is 10.2. The second-order valence-corrected chi connectivity index (χ2v) is 7.54. The largest absolute Gasteiger partial charge is 0.489 e. The van der Waals surface area contributed by atoms with Crippen molar-refractivity contribution in [2.75, 3.05) is 7.11 Å². The lowest BCUT2D eigenvalue weighted by molar-refractivity contribution is -0.139. The van der Waals surface area contributed by atoms with Crippen LogP contribution in [-0.2, 0) is 29.1 Å². The first-order chi connectivity index (χ1) is 15.1. The van der Waals surface area contributed by atoms with E-state index in [0.717, 1.165) is 33.2 Å². The van der Waals surface area contributed by atoms with Crippen LogP contribution in [0.25, 0.3) is 22.1 Å². The highest BCUT2D eigenvalue weighted by atomic mass is 35.5. The third-order valence-corrected chi connectivity index (χ3v) is 5.24. The Labute approximate surface area is 185 Å². The number of ether oxygens (including phenoxy) is 2. The number of fused-ring (bicyclic) bond motifs is 1. The Morgan fingerprint density at radius 2 is 1.87 bits per heavy atom. The minimum Gasteiger partial charge on any atom is -0.489 e. The van der Waals surface area contributed by atoms with E-state index in [2.05, 4.69) is 0 Å². The molecule has 4 aromatic rings. The van der Waals surface area contributed by atoms with Gasteiger partial charge in [0.15, 0.2) is 5.22 Å². The van der Waals surface area contributed by atoms with Crippen LogP contribution >= 0.6 is 11.6 Å². The van der Waals surface area contributed by atoms with Gasteiger partial charge in [-0.05, 0) is 52.6 Å². The highest BCUT2D eigenvalue weighted by Gasteiger charge is 2.14. The molecule has 1 heterocycles. The van der Waals surface area contributed by atoms with E-state index in [1.54, 1.807) is 6.07 Å². The number of carbonyl (C=O) groups excluding carboxylic acids is 1. The van der Waals surface area contributed by atoms with Gasteiger partial charge in [0.1, 0.15) is 17.9 Å². The van der Waals surface area contributed by atoms with Crippen LogP contribution in [0.4, 0.5) is 0 Å². The molecule has 0 radical (unpaired) electrons. The van der Waals surface area contributed by atoms with Crippen molar-refractivity contribution in [3.63, 3.8) is 0 Å². The molecule has 0 fully saturated rings. The third kappa shape index (κ3) is 4.74. The van der Waals surface area contributed by atoms with Crippen LogP contribution in [0.15, 0.2) is 71.1 Å². The molecule has 0 spiro atoms. The van der Waals surface area contributed by atoms with Gasteiger partial charge < -0.3 is 19.6 Å². The van der Waals surface area contributed by atoms with Gasteiger partial charge in [-0.3, -0.25) is 4.79 Å². The molecule has 2 N–H and O–H groups in total. The quantitative estimate of drug-likeness (QED) is 0.387. The summed E-state index contributed by atoms with van der Waals surface area (Å²) in [5.74, 6) is 0.331. The second-order valence-electron chi connectivity index (χ2n) is 7.17. The average Bonchev–Trinajstić information content (AvgIpc) is 3.17. The normalized spacial score (nSPS) is 10.9. The number of furan rings is 1. The number of esters is 1. The summed E-state index contributed by atoms with van der Waals surface area (Å²) in [5, 5.41) is 1.22. The van der Waals surface area contributed by atoms with Crippen LogP contribution in [0.2, 0.25) is 5.22 Å². The maximum atomic E-state index is 11.7. The van der Waals surface area contributed by atoms with Crippen molar-refractivity contribution in [3.05, 3.63) is 88.6 Å². The Kier molecular flexibility index (Phi) is 6.26. The molecule has 0 saturated carbocycles. The molecule has 0 aliphatic heterocycles. The molecule has 6 heteroatoms. The maximum absolute atomic E-state index is 11.7. The summed E-state index contributed by atoms with van der Waals surface area (Å²) in [7, 11) is 1.37. The van der Waals surface area contributed by atoms with Crippen molar-refractivity contribution in [1.82, 2.24) is 0 Å². The van der Waals surface area contributed by atoms with E-state index in [-0.39, 0.29) is 12.4 Å². The zero-order valence-electron chi connectivity index (χ0n) is 17.1. The molecule has 0 unspecified atom stereocenters. The smallest absolute Gasteiger partial charge is 0.310 e. The number of methoxy groups -OCH3 is 1. The summed E-state index contributed by atoms with van der Waals surface area (Å²) in [6.45, 7) is 0.774. The number of hydrogen-bond donors (Lipinski definition) is 1. The maximum Gasteiger partial charge on any atom is 0.310 e. The van der Waals surface area contributed by atoms with Gasteiger partial charge in [-0.2, -0.15) is 0 Å². The molecule has 0 amide bonds. The predicted octanol–water partition coefficient (Wildman–Crippen LogP) is 5.51. The highest BCUT2D eigenvalue weighted by Crippen LogP contribution is 2.35. The van der Waals surface area contributed by atoms with Crippen molar-refractivity contribution in [2.45, 2.75) is 19.6 Å². The summed E-state index contributed by atoms with van der Waals surface area (Å²) >= 11 is 6.15. The Bertz CT molecular complexity index is 1230. The van der Waals surface area contributed by atoms with Crippen molar-refractivity contribution >= 4 is 28.5 Å². The van der Waals surface area contributed by atoms with Crippen LogP contribution in [0.1, 0.15) is 16.7 Å². The van der Waals surface area contributed by atoms with Crippen molar-refractivity contribution in [1.29, 1.82) is 0 Å². The lowest BCUT2D eigenvalue weighted by atomic mass is 9.99. The van der Waals surface area contributed by atoms with Crippen molar-refractivity contribution in [3.8, 4) is 16.9 Å². The molecule has 3 aromatic carbocycles. The lowest BCUT2D eigenvalue weighted by Crippen LogP contribution is -2.06. The molecular formula is C25H22ClNO4. The molecule has 1 aromatic heterocycles. The van der Waals surface area contributed by atoms with E-state index < -0.39 is 0 Å². The Balaban J connectivity index is 1.67. The zero-order chi connectivity index (χ0) is 21.8. The Hall–Kier alpha value is -3.28. The summed E-state index contributed by atoms with van der Waals surface area (Å²) in [5.41, 5.74) is 11.2. The van der Waals surface area contributed by atoms with Crippen LogP contribution in [0.5, 0.6) is 5.75 Å². The van der Waals surface area contributed by atoms with Crippen LogP contribution < -0.4 is 10.5 Å². The van der Waals surface area contributed by atoms with Crippen LogP contribution in [0, 0.1) is 0 Å². The fourth-order valence-corrected chi connectivity index (χ4v) is 3.72. The van der Waals surface area contributed by atoms with Crippen molar-refractivity contribution in [2.24, 2.45) is 5.73 Å². The van der Waals surface area contributed by atoms with Crippen LogP contribution in [0.3, 0.4) is 0 Å². The van der Waals surface area contributed by atoms with E-state index in [1.807, 2.05) is 60.7 Å². The van der Waals surface area contributed by atoms with E-state index in [0.29, 0.717) is 29.7 Å². The van der Waals surface area contributed by atoms with Gasteiger partial charge in [-0.25, -0.2) is 0 Å². The number of benzene rings is 3. The molecule has 0 bridgehead atoms. The van der Waals surface area contributed by atoms with Crippen LogP contribution in [-0.4, -0.2) is 13.1 Å². The number of hydrogen-bond acceptors (Lipinski definition) is 5. The van der Waals surface area contributed by atoms with E-state index >= 15 is 0 Å². The molecule has 0 aliphatic carbocycles. The molecule has 158 valence electrons. The van der Waals surface area contributed by atoms with Gasteiger partial charge in [0, 0.05) is 29.1 Å². The molecule has 0 saturated heterocycles. The molecular weight excluding hydrogens is 414 g/mol.